The molecular formula is C39H52N6O5. The first-order valence-electron chi connectivity index (χ1n) is 18.4. The lowest BCUT2D eigenvalue weighted by Gasteiger charge is -2.55. The number of amides is 2. The Labute approximate surface area is 295 Å². The molecule has 2 bridgehead atoms. The summed E-state index contributed by atoms with van der Waals surface area (Å²) in [5.74, 6) is 1.75. The fourth-order valence-electron chi connectivity index (χ4n) is 8.73. The number of hydrogen-bond acceptors (Lipinski definition) is 8. The monoisotopic (exact) mass is 684 g/mol. The number of carbonyl (C=O) groups is 2. The van der Waals surface area contributed by atoms with Gasteiger partial charge in [0, 0.05) is 24.2 Å². The van der Waals surface area contributed by atoms with Crippen LogP contribution in [0.2, 0.25) is 0 Å². The van der Waals surface area contributed by atoms with Gasteiger partial charge in [0.25, 0.3) is 0 Å². The Bertz CT molecular complexity index is 1680. The van der Waals surface area contributed by atoms with Gasteiger partial charge in [0.15, 0.2) is 5.82 Å². The van der Waals surface area contributed by atoms with Gasteiger partial charge < -0.3 is 19.5 Å². The molecule has 2 aromatic heterocycles. The van der Waals surface area contributed by atoms with E-state index in [1.165, 1.54) is 22.4 Å². The van der Waals surface area contributed by atoms with Crippen LogP contribution in [0, 0.1) is 18.3 Å². The predicted octanol–water partition coefficient (Wildman–Crippen LogP) is 6.41. The molecule has 5 aliphatic rings. The van der Waals surface area contributed by atoms with Crippen LogP contribution in [0.15, 0.2) is 43.0 Å². The molecular weight excluding hydrogens is 632 g/mol. The first-order chi connectivity index (χ1) is 24.0. The molecule has 4 saturated carbocycles. The molecule has 1 saturated heterocycles. The summed E-state index contributed by atoms with van der Waals surface area (Å²) in [5, 5.41) is 14.1. The third-order valence-electron chi connectivity index (χ3n) is 12.2. The first-order valence-corrected chi connectivity index (χ1v) is 18.4. The zero-order valence-corrected chi connectivity index (χ0v) is 30.1. The second kappa shape index (κ2) is 13.6. The number of anilines is 1. The zero-order chi connectivity index (χ0) is 35.1. The number of likely N-dealkylation sites (tertiary alicyclic amines) is 1. The van der Waals surface area contributed by atoms with Crippen molar-refractivity contribution in [2.75, 3.05) is 38.3 Å². The van der Waals surface area contributed by atoms with Crippen molar-refractivity contribution in [3.05, 3.63) is 54.1 Å². The van der Waals surface area contributed by atoms with Gasteiger partial charge in [0.2, 0.25) is 5.91 Å². The molecule has 3 aromatic rings. The van der Waals surface area contributed by atoms with Crippen molar-refractivity contribution in [3.8, 4) is 17.0 Å². The molecule has 4 aliphatic carbocycles. The molecule has 1 aliphatic heterocycles. The molecule has 3 heterocycles. The van der Waals surface area contributed by atoms with Gasteiger partial charge in [-0.15, -0.1) is 0 Å². The molecule has 5 fully saturated rings. The van der Waals surface area contributed by atoms with E-state index in [-0.39, 0.29) is 29.3 Å². The van der Waals surface area contributed by atoms with Gasteiger partial charge in [-0.05, 0) is 100 Å². The molecule has 1 aromatic carbocycles. The van der Waals surface area contributed by atoms with E-state index < -0.39 is 17.7 Å². The van der Waals surface area contributed by atoms with E-state index in [0.717, 1.165) is 75.5 Å². The average molecular weight is 685 g/mol. The van der Waals surface area contributed by atoms with Crippen molar-refractivity contribution >= 4 is 17.8 Å². The number of hydrogen-bond donors (Lipinski definition) is 1. The summed E-state index contributed by atoms with van der Waals surface area (Å²) < 4.78 is 12.9. The highest BCUT2D eigenvalue weighted by Gasteiger charge is 2.51. The number of benzene rings is 1. The highest BCUT2D eigenvalue weighted by Crippen LogP contribution is 2.58. The molecule has 0 radical (unpaired) electrons. The van der Waals surface area contributed by atoms with Crippen molar-refractivity contribution in [3.63, 3.8) is 0 Å². The van der Waals surface area contributed by atoms with Gasteiger partial charge in [-0.2, -0.15) is 5.10 Å². The Morgan fingerprint density at radius 2 is 1.74 bits per heavy atom. The van der Waals surface area contributed by atoms with Crippen molar-refractivity contribution in [1.29, 1.82) is 0 Å². The van der Waals surface area contributed by atoms with Crippen LogP contribution in [0.3, 0.4) is 0 Å². The Morgan fingerprint density at radius 1 is 1.02 bits per heavy atom. The molecule has 268 valence electrons. The molecule has 0 atom stereocenters. The maximum Gasteiger partial charge on any atom is 0.410 e. The number of carbonyl (C=O) groups excluding carboxylic acids is 2. The van der Waals surface area contributed by atoms with Crippen LogP contribution in [-0.2, 0) is 20.5 Å². The average Bonchev–Trinajstić information content (AvgIpc) is 3.64. The van der Waals surface area contributed by atoms with Crippen molar-refractivity contribution in [2.24, 2.45) is 11.3 Å². The van der Waals surface area contributed by atoms with Crippen LogP contribution in [-0.4, -0.2) is 81.2 Å². The highest BCUT2D eigenvalue weighted by atomic mass is 16.6. The van der Waals surface area contributed by atoms with Crippen molar-refractivity contribution in [2.45, 2.75) is 108 Å². The Kier molecular flexibility index (Phi) is 9.39. The normalized spacial score (nSPS) is 24.1. The van der Waals surface area contributed by atoms with Crippen LogP contribution >= 0.6 is 0 Å². The van der Waals surface area contributed by atoms with Crippen LogP contribution in [0.5, 0.6) is 5.75 Å². The smallest absolute Gasteiger partial charge is 0.410 e. The van der Waals surface area contributed by atoms with E-state index in [0.29, 0.717) is 31.1 Å². The molecule has 0 spiro atoms. The number of rotatable bonds is 10. The van der Waals surface area contributed by atoms with Crippen LogP contribution < -0.4 is 9.64 Å². The maximum atomic E-state index is 14.4. The van der Waals surface area contributed by atoms with E-state index in [1.807, 2.05) is 24.9 Å². The minimum atomic E-state index is -0.619. The van der Waals surface area contributed by atoms with Gasteiger partial charge in [-0.25, -0.2) is 9.78 Å². The van der Waals surface area contributed by atoms with Gasteiger partial charge in [-0.3, -0.25) is 19.4 Å². The minimum absolute atomic E-state index is 0.0185. The van der Waals surface area contributed by atoms with E-state index in [9.17, 15) is 14.7 Å². The molecule has 0 unspecified atom stereocenters. The SMILES string of the molecule is COc1ccc(C23CCC(CN(C(=O)C4CCCCC4)c4cncc(-c5cnn(C(C)(C)COC(=O)N6CC(O)C6)c5)n4)(CC2)CC3)cc1C. The van der Waals surface area contributed by atoms with Crippen molar-refractivity contribution < 1.29 is 24.2 Å². The number of fused-ring (bicyclic) bond motifs is 3. The van der Waals surface area contributed by atoms with Crippen molar-refractivity contribution in [1.82, 2.24) is 24.6 Å². The van der Waals surface area contributed by atoms with Gasteiger partial charge in [0.1, 0.15) is 12.4 Å². The number of aryl methyl sites for hydroxylation is 1. The van der Waals surface area contributed by atoms with E-state index >= 15 is 0 Å². The third-order valence-corrected chi connectivity index (χ3v) is 12.2. The quantitative estimate of drug-likeness (QED) is 0.260. The Hall–Kier alpha value is -3.99. The zero-order valence-electron chi connectivity index (χ0n) is 30.1. The maximum absolute atomic E-state index is 14.4. The summed E-state index contributed by atoms with van der Waals surface area (Å²) in [6.07, 6.45) is 18.1. The number of nitrogens with zero attached hydrogens (tertiary/aromatic N) is 6. The summed E-state index contributed by atoms with van der Waals surface area (Å²) >= 11 is 0. The lowest BCUT2D eigenvalue weighted by atomic mass is 9.51. The van der Waals surface area contributed by atoms with Gasteiger partial charge in [-0.1, -0.05) is 31.4 Å². The van der Waals surface area contributed by atoms with E-state index in [2.05, 4.69) is 35.2 Å². The molecule has 2 amide bonds. The largest absolute Gasteiger partial charge is 0.496 e. The molecule has 1 N–H and O–H groups in total. The van der Waals surface area contributed by atoms with Crippen LogP contribution in [0.1, 0.15) is 95.6 Å². The summed E-state index contributed by atoms with van der Waals surface area (Å²) in [6.45, 7) is 7.42. The fourth-order valence-corrected chi connectivity index (χ4v) is 8.73. The first kappa shape index (κ1) is 34.5. The number of ether oxygens (including phenoxy) is 2. The Morgan fingerprint density at radius 3 is 2.40 bits per heavy atom. The summed E-state index contributed by atoms with van der Waals surface area (Å²) in [7, 11) is 1.73. The summed E-state index contributed by atoms with van der Waals surface area (Å²) in [6, 6.07) is 6.71. The van der Waals surface area contributed by atoms with Crippen LogP contribution in [0.25, 0.3) is 11.3 Å². The number of β-amino-alcohol motifs (C(OH)–C–C–N with tert-alkyl or cyclic N) is 1. The second-order valence-electron chi connectivity index (χ2n) is 16.1. The number of aromatic nitrogens is 4. The molecule has 8 rings (SSSR count). The Balaban J connectivity index is 1.09. The summed E-state index contributed by atoms with van der Waals surface area (Å²) in [5.41, 5.74) is 3.68. The fraction of sp³-hybridized carbons (Fsp3) is 0.615. The number of aliphatic hydroxyl groups is 1. The number of methoxy groups -OCH3 is 1. The topological polar surface area (TPSA) is 123 Å². The third kappa shape index (κ3) is 6.73. The minimum Gasteiger partial charge on any atom is -0.496 e. The standard InChI is InChI=1S/C39H52N6O5/c1-27-18-30(10-11-33(27)49-4)39-15-12-38(13-16-39,14-17-39)25-44(35(47)28-8-6-5-7-9-28)34-21-40-20-32(42-34)29-19-41-45(22-29)37(2,3)26-50-36(48)43-23-31(46)24-43/h10-11,18-22,28,31,46H,5-9,12-17,23-26H2,1-4H3. The van der Waals surface area contributed by atoms with Gasteiger partial charge in [0.05, 0.1) is 56.1 Å². The van der Waals surface area contributed by atoms with Crippen LogP contribution in [0.4, 0.5) is 10.6 Å². The molecule has 50 heavy (non-hydrogen) atoms. The lowest BCUT2D eigenvalue weighted by Crippen LogP contribution is -2.54. The molecule has 11 heteroatoms. The van der Waals surface area contributed by atoms with E-state index in [4.69, 9.17) is 14.5 Å². The highest BCUT2D eigenvalue weighted by molar-refractivity contribution is 5.94. The predicted molar refractivity (Wildman–Crippen MR) is 190 cm³/mol. The molecule has 11 nitrogen and oxygen atoms in total. The number of aliphatic hydroxyl groups excluding tert-OH is 1. The summed E-state index contributed by atoms with van der Waals surface area (Å²) in [4.78, 5) is 39.9. The van der Waals surface area contributed by atoms with E-state index in [1.54, 1.807) is 30.4 Å². The lowest BCUT2D eigenvalue weighted by molar-refractivity contribution is -0.124. The van der Waals surface area contributed by atoms with Gasteiger partial charge >= 0.3 is 6.09 Å². The second-order valence-corrected chi connectivity index (χ2v) is 16.1.